The van der Waals surface area contributed by atoms with Gasteiger partial charge in [0, 0.05) is 23.3 Å². The van der Waals surface area contributed by atoms with Crippen molar-refractivity contribution in [1.82, 2.24) is 14.8 Å². The maximum absolute atomic E-state index is 12.9. The molecule has 1 aliphatic heterocycles. The third kappa shape index (κ3) is 5.63. The van der Waals surface area contributed by atoms with Crippen molar-refractivity contribution in [3.63, 3.8) is 0 Å². The number of para-hydroxylation sites is 1. The van der Waals surface area contributed by atoms with Crippen molar-refractivity contribution in [1.29, 1.82) is 5.26 Å². The van der Waals surface area contributed by atoms with E-state index in [1.807, 2.05) is 55.7 Å². The van der Waals surface area contributed by atoms with E-state index in [0.717, 1.165) is 29.8 Å². The van der Waals surface area contributed by atoms with E-state index in [1.165, 1.54) is 0 Å². The molecule has 1 atom stereocenters. The van der Waals surface area contributed by atoms with E-state index in [2.05, 4.69) is 35.5 Å². The van der Waals surface area contributed by atoms with Crippen LogP contribution in [0.4, 0.5) is 5.82 Å². The van der Waals surface area contributed by atoms with E-state index < -0.39 is 0 Å². The first kappa shape index (κ1) is 24.5. The number of hydrogen-bond acceptors (Lipinski definition) is 4. The molecular weight excluding hydrogens is 414 g/mol. The zero-order valence-corrected chi connectivity index (χ0v) is 20.3. The maximum atomic E-state index is 12.9. The monoisotopic (exact) mass is 449 g/mol. The number of nitrogens with one attached hydrogen (secondary N) is 2. The quantitative estimate of drug-likeness (QED) is 0.673. The van der Waals surface area contributed by atoms with Crippen molar-refractivity contribution in [3.8, 4) is 11.8 Å². The molecule has 1 aromatic heterocycles. The number of rotatable bonds is 7. The van der Waals surface area contributed by atoms with Gasteiger partial charge in [-0.3, -0.25) is 19.1 Å². The topological polar surface area (TPSA) is 90.2 Å². The molecule has 1 fully saturated rings. The van der Waals surface area contributed by atoms with Gasteiger partial charge in [-0.2, -0.15) is 5.26 Å². The van der Waals surface area contributed by atoms with Gasteiger partial charge in [0.15, 0.2) is 0 Å². The summed E-state index contributed by atoms with van der Waals surface area (Å²) in [4.78, 5) is 27.5. The number of amides is 2. The molecule has 0 saturated carbocycles. The number of carbonyl (C=O) groups excluding carboxylic acids is 2. The van der Waals surface area contributed by atoms with Gasteiger partial charge in [0.05, 0.1) is 12.1 Å². The lowest BCUT2D eigenvalue weighted by atomic mass is 9.95. The Hall–Kier alpha value is -3.11. The third-order valence-electron chi connectivity index (χ3n) is 6.79. The first-order chi connectivity index (χ1) is 15.7. The number of anilines is 1. The van der Waals surface area contributed by atoms with E-state index in [4.69, 9.17) is 0 Å². The lowest BCUT2D eigenvalue weighted by Gasteiger charge is -2.31. The number of carbonyl (C=O) groups is 2. The van der Waals surface area contributed by atoms with Crippen molar-refractivity contribution in [2.45, 2.75) is 53.5 Å². The minimum Gasteiger partial charge on any atom is -0.353 e. The zero-order valence-electron chi connectivity index (χ0n) is 20.3. The van der Waals surface area contributed by atoms with Gasteiger partial charge in [-0.25, -0.2) is 0 Å². The second-order valence-electron chi connectivity index (χ2n) is 9.36. The Morgan fingerprint density at radius 3 is 2.33 bits per heavy atom. The Morgan fingerprint density at radius 1 is 1.12 bits per heavy atom. The van der Waals surface area contributed by atoms with Crippen LogP contribution in [-0.2, 0) is 9.59 Å². The van der Waals surface area contributed by atoms with Crippen LogP contribution in [0.5, 0.6) is 0 Å². The summed E-state index contributed by atoms with van der Waals surface area (Å²) in [6, 6.07) is 12.1. The number of likely N-dealkylation sites (tertiary alicyclic amines) is 1. The molecule has 2 heterocycles. The highest BCUT2D eigenvalue weighted by Gasteiger charge is 2.28. The molecule has 3 rings (SSSR count). The van der Waals surface area contributed by atoms with Crippen LogP contribution in [0.2, 0.25) is 0 Å². The molecule has 1 aromatic carbocycles. The van der Waals surface area contributed by atoms with Crippen LogP contribution < -0.4 is 10.6 Å². The summed E-state index contributed by atoms with van der Waals surface area (Å²) in [5.74, 6) is 0.873. The summed E-state index contributed by atoms with van der Waals surface area (Å²) < 4.78 is 1.93. The number of piperidine rings is 1. The zero-order chi connectivity index (χ0) is 24.1. The van der Waals surface area contributed by atoms with E-state index in [0.29, 0.717) is 30.4 Å². The highest BCUT2D eigenvalue weighted by Crippen LogP contribution is 2.30. The number of nitriles is 1. The van der Waals surface area contributed by atoms with Crippen LogP contribution in [0.3, 0.4) is 0 Å². The molecule has 176 valence electrons. The number of nitrogens with zero attached hydrogens (tertiary/aromatic N) is 3. The molecule has 2 N–H and O–H groups in total. The van der Waals surface area contributed by atoms with Crippen molar-refractivity contribution in [3.05, 3.63) is 47.2 Å². The van der Waals surface area contributed by atoms with Gasteiger partial charge in [-0.15, -0.1) is 0 Å². The fourth-order valence-corrected chi connectivity index (χ4v) is 4.20. The van der Waals surface area contributed by atoms with Crippen molar-refractivity contribution in [2.24, 2.45) is 11.8 Å². The van der Waals surface area contributed by atoms with Crippen LogP contribution in [0.15, 0.2) is 30.3 Å². The third-order valence-corrected chi connectivity index (χ3v) is 6.79. The number of benzene rings is 1. The van der Waals surface area contributed by atoms with Gasteiger partial charge in [0.2, 0.25) is 11.8 Å². The second-order valence-corrected chi connectivity index (χ2v) is 9.36. The molecule has 1 aliphatic rings. The van der Waals surface area contributed by atoms with Gasteiger partial charge in [0.25, 0.3) is 0 Å². The Balaban J connectivity index is 1.64. The summed E-state index contributed by atoms with van der Waals surface area (Å²) >= 11 is 0. The molecule has 33 heavy (non-hydrogen) atoms. The fourth-order valence-electron chi connectivity index (χ4n) is 4.20. The lowest BCUT2D eigenvalue weighted by Crippen LogP contribution is -2.45. The molecule has 7 heteroatoms. The van der Waals surface area contributed by atoms with Crippen LogP contribution >= 0.6 is 0 Å². The summed E-state index contributed by atoms with van der Waals surface area (Å²) in [5.41, 5.74) is 3.17. The lowest BCUT2D eigenvalue weighted by molar-refractivity contribution is -0.127. The molecule has 0 bridgehead atoms. The summed E-state index contributed by atoms with van der Waals surface area (Å²) in [5, 5.41) is 15.8. The molecule has 0 aliphatic carbocycles. The van der Waals surface area contributed by atoms with Gasteiger partial charge in [-0.1, -0.05) is 32.0 Å². The first-order valence-electron chi connectivity index (χ1n) is 11.7. The average molecular weight is 450 g/mol. The number of hydrogen-bond donors (Lipinski definition) is 2. The van der Waals surface area contributed by atoms with E-state index in [-0.39, 0.29) is 30.3 Å². The van der Waals surface area contributed by atoms with Gasteiger partial charge in [0.1, 0.15) is 11.9 Å². The summed E-state index contributed by atoms with van der Waals surface area (Å²) in [6.45, 7) is 11.7. The second kappa shape index (κ2) is 10.7. The Morgan fingerprint density at radius 2 is 1.76 bits per heavy atom. The molecular formula is C26H35N5O2. The van der Waals surface area contributed by atoms with E-state index >= 15 is 0 Å². The molecule has 2 aromatic rings. The van der Waals surface area contributed by atoms with Crippen molar-refractivity contribution < 1.29 is 9.59 Å². The molecule has 1 unspecified atom stereocenters. The van der Waals surface area contributed by atoms with Gasteiger partial charge >= 0.3 is 0 Å². The predicted octanol–water partition coefficient (Wildman–Crippen LogP) is 3.78. The largest absolute Gasteiger partial charge is 0.353 e. The molecule has 7 nitrogen and oxygen atoms in total. The minimum absolute atomic E-state index is 0.00341. The van der Waals surface area contributed by atoms with Crippen molar-refractivity contribution in [2.75, 3.05) is 25.0 Å². The Kier molecular flexibility index (Phi) is 7.93. The van der Waals surface area contributed by atoms with E-state index in [9.17, 15) is 14.9 Å². The smallest absolute Gasteiger partial charge is 0.239 e. The minimum atomic E-state index is -0.155. The van der Waals surface area contributed by atoms with Gasteiger partial charge < -0.3 is 10.6 Å². The first-order valence-corrected chi connectivity index (χ1v) is 11.7. The highest BCUT2D eigenvalue weighted by atomic mass is 16.2. The predicted molar refractivity (Wildman–Crippen MR) is 130 cm³/mol. The van der Waals surface area contributed by atoms with Crippen LogP contribution in [0, 0.1) is 37.0 Å². The highest BCUT2D eigenvalue weighted by molar-refractivity contribution is 5.93. The van der Waals surface area contributed by atoms with Gasteiger partial charge in [-0.05, 0) is 70.3 Å². The summed E-state index contributed by atoms with van der Waals surface area (Å²) in [6.07, 6.45) is 1.48. The molecule has 0 radical (unpaired) electrons. The van der Waals surface area contributed by atoms with Crippen LogP contribution in [0.1, 0.15) is 50.4 Å². The SMILES string of the molecule is Cc1c(C#N)c(NC(=O)CN2CCC(C(=O)NC(C)C(C)C)CC2)n(-c2ccccc2)c1C. The van der Waals surface area contributed by atoms with Crippen molar-refractivity contribution >= 4 is 17.6 Å². The molecule has 1 saturated heterocycles. The normalized spacial score (nSPS) is 15.8. The average Bonchev–Trinajstić information content (AvgIpc) is 3.03. The van der Waals surface area contributed by atoms with E-state index in [1.54, 1.807) is 0 Å². The molecule has 2 amide bonds. The molecule has 0 spiro atoms. The fraction of sp³-hybridized carbons (Fsp3) is 0.500. The standard InChI is InChI=1S/C26H35N5O2/c1-17(2)19(4)28-26(33)21-11-13-30(14-12-21)16-24(32)29-25-23(15-27)18(3)20(5)31(25)22-9-7-6-8-10-22/h6-10,17,19,21H,11-14,16H2,1-5H3,(H,28,33)(H,29,32). The maximum Gasteiger partial charge on any atom is 0.239 e. The summed E-state index contributed by atoms with van der Waals surface area (Å²) in [7, 11) is 0. The Labute approximate surface area is 196 Å². The number of aromatic nitrogens is 1. The Bertz CT molecular complexity index is 1030. The van der Waals surface area contributed by atoms with Crippen LogP contribution in [0.25, 0.3) is 5.69 Å². The van der Waals surface area contributed by atoms with Crippen LogP contribution in [-0.4, -0.2) is 47.0 Å².